The number of hydrogen-bond donors (Lipinski definition) is 3. The van der Waals surface area contributed by atoms with Gasteiger partial charge in [-0.2, -0.15) is 0 Å². The summed E-state index contributed by atoms with van der Waals surface area (Å²) in [4.78, 5) is 69.6. The van der Waals surface area contributed by atoms with Gasteiger partial charge in [-0.15, -0.1) is 0 Å². The third kappa shape index (κ3) is 9.44. The van der Waals surface area contributed by atoms with Crippen LogP contribution in [0.3, 0.4) is 0 Å². The summed E-state index contributed by atoms with van der Waals surface area (Å²) in [6.45, 7) is 11.1. The number of hydrazine groups is 1. The summed E-state index contributed by atoms with van der Waals surface area (Å²) in [6.07, 6.45) is 5.77. The summed E-state index contributed by atoms with van der Waals surface area (Å²) < 4.78 is 11.7. The van der Waals surface area contributed by atoms with Gasteiger partial charge in [-0.25, -0.2) is 5.43 Å². The van der Waals surface area contributed by atoms with Crippen molar-refractivity contribution in [3.63, 3.8) is 0 Å². The third-order valence-corrected chi connectivity index (χ3v) is 9.34. The number of primary amides is 1. The van der Waals surface area contributed by atoms with E-state index in [0.717, 1.165) is 28.6 Å². The van der Waals surface area contributed by atoms with E-state index in [0.29, 0.717) is 45.1 Å². The number of carbonyl (C=O) groups is 5. The monoisotopic (exact) mass is 677 g/mol. The zero-order chi connectivity index (χ0) is 35.9. The quantitative estimate of drug-likeness (QED) is 0.281. The minimum atomic E-state index is -1.17. The molecule has 1 aromatic carbocycles. The number of pyridine rings is 1. The number of benzene rings is 1. The van der Waals surface area contributed by atoms with Gasteiger partial charge in [0.2, 0.25) is 5.91 Å². The summed E-state index contributed by atoms with van der Waals surface area (Å²) in [5.41, 5.74) is 9.88. The van der Waals surface area contributed by atoms with E-state index < -0.39 is 53.2 Å². The molecule has 2 fully saturated rings. The van der Waals surface area contributed by atoms with Crippen LogP contribution in [0.2, 0.25) is 0 Å². The summed E-state index contributed by atoms with van der Waals surface area (Å²) in [7, 11) is 0. The maximum atomic E-state index is 14.2. The van der Waals surface area contributed by atoms with Crippen LogP contribution < -0.4 is 16.5 Å². The highest BCUT2D eigenvalue weighted by molar-refractivity contribution is 5.91. The molecule has 2 heterocycles. The van der Waals surface area contributed by atoms with Crippen LogP contribution in [0.25, 0.3) is 17.0 Å². The Morgan fingerprint density at radius 3 is 2.39 bits per heavy atom. The van der Waals surface area contributed by atoms with Crippen LogP contribution in [0.5, 0.6) is 0 Å². The molecule has 1 aromatic heterocycles. The molecule has 0 radical (unpaired) electrons. The Morgan fingerprint density at radius 2 is 1.76 bits per heavy atom. The molecule has 3 unspecified atom stereocenters. The highest BCUT2D eigenvalue weighted by Crippen LogP contribution is 2.41. The summed E-state index contributed by atoms with van der Waals surface area (Å²) in [6, 6.07) is 8.36. The number of amides is 3. The normalized spacial score (nSPS) is 22.6. The van der Waals surface area contributed by atoms with Gasteiger partial charge in [-0.1, -0.05) is 65.0 Å². The lowest BCUT2D eigenvalue weighted by atomic mass is 9.72. The molecular weight excluding hydrogens is 626 g/mol. The molecule has 4 rings (SSSR count). The number of aryl methyl sites for hydroxylation is 1. The Kier molecular flexibility index (Phi) is 12.5. The summed E-state index contributed by atoms with van der Waals surface area (Å²) in [5.74, 6) is -3.09. The molecule has 12 heteroatoms. The van der Waals surface area contributed by atoms with Crippen LogP contribution in [-0.2, 0) is 39.9 Å². The second-order valence-electron chi connectivity index (χ2n) is 13.9. The Hall–Kier alpha value is -4.32. The van der Waals surface area contributed by atoms with Crippen molar-refractivity contribution in [1.29, 1.82) is 0 Å². The number of fused-ring (bicyclic) bond motifs is 1. The molecule has 0 spiro atoms. The number of ether oxygens (including phenoxy) is 2. The van der Waals surface area contributed by atoms with Crippen molar-refractivity contribution < 1.29 is 33.4 Å². The van der Waals surface area contributed by atoms with Crippen molar-refractivity contribution in [2.24, 2.45) is 23.0 Å². The lowest BCUT2D eigenvalue weighted by Gasteiger charge is -2.37. The van der Waals surface area contributed by atoms with Gasteiger partial charge in [0.15, 0.2) is 6.10 Å². The van der Waals surface area contributed by atoms with Crippen molar-refractivity contribution in [2.75, 3.05) is 6.54 Å². The molecule has 4 N–H and O–H groups in total. The van der Waals surface area contributed by atoms with Crippen LogP contribution in [0, 0.1) is 17.3 Å². The maximum absolute atomic E-state index is 14.2. The van der Waals surface area contributed by atoms with Gasteiger partial charge in [0, 0.05) is 17.6 Å². The van der Waals surface area contributed by atoms with Crippen LogP contribution in [0.4, 0.5) is 0 Å². The van der Waals surface area contributed by atoms with Crippen LogP contribution >= 0.6 is 0 Å². The maximum Gasteiger partial charge on any atom is 0.316 e. The van der Waals surface area contributed by atoms with Gasteiger partial charge < -0.3 is 20.5 Å². The molecular formula is C37H51N5O7. The average Bonchev–Trinajstić information content (AvgIpc) is 3.09. The first-order valence-corrected chi connectivity index (χ1v) is 17.4. The first-order valence-electron chi connectivity index (χ1n) is 17.4. The first kappa shape index (κ1) is 37.5. The van der Waals surface area contributed by atoms with E-state index in [9.17, 15) is 24.0 Å². The number of carbonyl (C=O) groups excluding carboxylic acids is 5. The van der Waals surface area contributed by atoms with Gasteiger partial charge in [-0.05, 0) is 75.5 Å². The molecule has 1 saturated carbocycles. The highest BCUT2D eigenvalue weighted by Gasteiger charge is 2.44. The van der Waals surface area contributed by atoms with Crippen LogP contribution in [0.15, 0.2) is 36.4 Å². The Labute approximate surface area is 288 Å². The summed E-state index contributed by atoms with van der Waals surface area (Å²) in [5, 5.41) is 5.01. The lowest BCUT2D eigenvalue weighted by Crippen LogP contribution is -2.60. The molecule has 12 nitrogen and oxygen atoms in total. The number of rotatable bonds is 12. The fourth-order valence-corrected chi connectivity index (χ4v) is 6.16. The van der Waals surface area contributed by atoms with E-state index in [1.165, 1.54) is 5.01 Å². The van der Waals surface area contributed by atoms with Crippen molar-refractivity contribution in [3.8, 4) is 0 Å². The van der Waals surface area contributed by atoms with E-state index in [4.69, 9.17) is 20.2 Å². The van der Waals surface area contributed by atoms with Gasteiger partial charge in [0.25, 0.3) is 11.8 Å². The van der Waals surface area contributed by atoms with E-state index >= 15 is 0 Å². The molecule has 2 aromatic rings. The molecule has 2 aliphatic rings. The predicted octanol–water partition coefficient (Wildman–Crippen LogP) is 3.99. The third-order valence-electron chi connectivity index (χ3n) is 9.34. The zero-order valence-corrected chi connectivity index (χ0v) is 29.5. The topological polar surface area (TPSA) is 170 Å². The minimum Gasteiger partial charge on any atom is -0.462 e. The number of esters is 2. The average molecular weight is 678 g/mol. The van der Waals surface area contributed by atoms with E-state index in [-0.39, 0.29) is 18.0 Å². The number of aromatic nitrogens is 1. The van der Waals surface area contributed by atoms with Gasteiger partial charge in [0.05, 0.1) is 16.8 Å². The number of hydrogen-bond acceptors (Lipinski definition) is 9. The highest BCUT2D eigenvalue weighted by atomic mass is 16.6. The predicted molar refractivity (Wildman–Crippen MR) is 185 cm³/mol. The van der Waals surface area contributed by atoms with E-state index in [1.54, 1.807) is 34.6 Å². The van der Waals surface area contributed by atoms with E-state index in [2.05, 4.69) is 17.7 Å². The number of nitrogens with two attached hydrogens (primary N) is 1. The van der Waals surface area contributed by atoms with Crippen LogP contribution in [0.1, 0.15) is 91.3 Å². The molecule has 1 aliphatic heterocycles. The van der Waals surface area contributed by atoms with Crippen molar-refractivity contribution in [1.82, 2.24) is 20.7 Å². The smallest absolute Gasteiger partial charge is 0.316 e. The first-order chi connectivity index (χ1) is 23.2. The Morgan fingerprint density at radius 1 is 1.06 bits per heavy atom. The lowest BCUT2D eigenvalue weighted by molar-refractivity contribution is -0.170. The summed E-state index contributed by atoms with van der Waals surface area (Å²) >= 11 is 0. The SMILES string of the molecule is CCc1ccc2ccc(/C=C/C3(C(=O)OC(C(=O)NC(C)C(=O)N4CCCC(C(N)=O)N4)C(C)C)CCC(OC(=O)C(C)C)CC3)cc2n1. The zero-order valence-electron chi connectivity index (χ0n) is 29.5. The van der Waals surface area contributed by atoms with Crippen molar-refractivity contribution >= 4 is 46.6 Å². The fourth-order valence-electron chi connectivity index (χ4n) is 6.16. The second kappa shape index (κ2) is 16.4. The number of nitrogens with one attached hydrogen (secondary N) is 2. The molecule has 3 atom stereocenters. The fraction of sp³-hybridized carbons (Fsp3) is 0.568. The molecule has 1 saturated heterocycles. The molecule has 266 valence electrons. The van der Waals surface area contributed by atoms with Crippen molar-refractivity contribution in [3.05, 3.63) is 47.7 Å². The molecule has 49 heavy (non-hydrogen) atoms. The molecule has 1 aliphatic carbocycles. The van der Waals surface area contributed by atoms with Gasteiger partial charge >= 0.3 is 11.9 Å². The molecule has 3 amide bonds. The van der Waals surface area contributed by atoms with Gasteiger partial charge in [-0.3, -0.25) is 34.0 Å². The van der Waals surface area contributed by atoms with E-state index in [1.807, 2.05) is 42.5 Å². The molecule has 0 bridgehead atoms. The Balaban J connectivity index is 1.53. The standard InChI is InChI=1S/C37H51N5O7/c1-7-27-13-12-26-11-10-25(21-30(26)40-27)14-17-37(18-15-28(16-19-37)48-35(46)23(4)5)36(47)49-31(22(2)3)33(44)39-24(6)34(45)42-20-8-9-29(41-42)32(38)43/h10-14,17,21-24,28-29,31,41H,7-9,15-16,18-20H2,1-6H3,(H2,38,43)(H,39,44)/b17-14+. The van der Waals surface area contributed by atoms with Crippen molar-refractivity contribution in [2.45, 2.75) is 111 Å². The number of nitrogens with zero attached hydrogens (tertiary/aromatic N) is 2. The Bertz CT molecular complexity index is 1560. The largest absolute Gasteiger partial charge is 0.462 e. The van der Waals surface area contributed by atoms with Crippen LogP contribution in [-0.4, -0.2) is 70.5 Å². The minimum absolute atomic E-state index is 0.263. The van der Waals surface area contributed by atoms with Gasteiger partial charge in [0.1, 0.15) is 18.2 Å². The second-order valence-corrected chi connectivity index (χ2v) is 13.9.